The highest BCUT2D eigenvalue weighted by Gasteiger charge is 2.45. The minimum absolute atomic E-state index is 0.109. The molecule has 0 unspecified atom stereocenters. The molecule has 0 bridgehead atoms. The molecule has 0 radical (unpaired) electrons. The zero-order valence-corrected chi connectivity index (χ0v) is 12.0. The van der Waals surface area contributed by atoms with Gasteiger partial charge in [0.2, 0.25) is 15.8 Å². The topological polar surface area (TPSA) is 83.7 Å². The van der Waals surface area contributed by atoms with Gasteiger partial charge in [-0.1, -0.05) is 5.16 Å². The van der Waals surface area contributed by atoms with Crippen molar-refractivity contribution in [1.29, 1.82) is 0 Å². The molecule has 20 heavy (non-hydrogen) atoms. The van der Waals surface area contributed by atoms with Crippen LogP contribution in [0.15, 0.2) is 16.8 Å². The van der Waals surface area contributed by atoms with E-state index in [1.54, 1.807) is 11.9 Å². The van der Waals surface area contributed by atoms with E-state index in [0.717, 1.165) is 0 Å². The van der Waals surface area contributed by atoms with Gasteiger partial charge < -0.3 is 9.42 Å². The van der Waals surface area contributed by atoms with Crippen LogP contribution in [0.25, 0.3) is 0 Å². The summed E-state index contributed by atoms with van der Waals surface area (Å²) >= 11 is 0. The Morgan fingerprint density at radius 1 is 1.40 bits per heavy atom. The van der Waals surface area contributed by atoms with Gasteiger partial charge in [0, 0.05) is 32.7 Å². The molecule has 2 aliphatic heterocycles. The largest absolute Gasteiger partial charge is 0.351 e. The molecular formula is C12H17N3O4S. The van der Waals surface area contributed by atoms with E-state index in [0.29, 0.717) is 32.5 Å². The average molecular weight is 299 g/mol. The fourth-order valence-corrected chi connectivity index (χ4v) is 5.06. The summed E-state index contributed by atoms with van der Waals surface area (Å²) in [4.78, 5) is 13.9. The number of sulfonamides is 1. The molecule has 0 saturated carbocycles. The van der Waals surface area contributed by atoms with E-state index in [2.05, 4.69) is 5.16 Å². The first-order valence-corrected chi connectivity index (χ1v) is 8.15. The number of hydrogen-bond acceptors (Lipinski definition) is 5. The maximum atomic E-state index is 12.2. The summed E-state index contributed by atoms with van der Waals surface area (Å²) in [5.41, 5.74) is 0. The van der Waals surface area contributed by atoms with Crippen molar-refractivity contribution < 1.29 is 17.7 Å². The molecule has 2 fully saturated rings. The predicted octanol–water partition coefficient (Wildman–Crippen LogP) is 0.171. The van der Waals surface area contributed by atoms with E-state index >= 15 is 0 Å². The highest BCUT2D eigenvalue weighted by molar-refractivity contribution is 7.90. The maximum absolute atomic E-state index is 12.2. The summed E-state index contributed by atoms with van der Waals surface area (Å²) in [5, 5.41) is 3.17. The van der Waals surface area contributed by atoms with Gasteiger partial charge in [-0.15, -0.1) is 0 Å². The number of amides is 1. The van der Waals surface area contributed by atoms with E-state index in [9.17, 15) is 13.2 Å². The van der Waals surface area contributed by atoms with Crippen LogP contribution in [0, 0.1) is 5.92 Å². The van der Waals surface area contributed by atoms with Crippen LogP contribution in [0.2, 0.25) is 0 Å². The van der Waals surface area contributed by atoms with Gasteiger partial charge in [-0.25, -0.2) is 12.7 Å². The summed E-state index contributed by atoms with van der Waals surface area (Å²) in [6, 6.07) is 1.53. The molecule has 0 aliphatic carbocycles. The molecule has 3 rings (SSSR count). The van der Waals surface area contributed by atoms with Crippen LogP contribution in [-0.4, -0.2) is 60.6 Å². The van der Waals surface area contributed by atoms with Gasteiger partial charge in [0.25, 0.3) is 5.91 Å². The first-order chi connectivity index (χ1) is 9.50. The first kappa shape index (κ1) is 13.6. The van der Waals surface area contributed by atoms with E-state index in [1.807, 2.05) is 0 Å². The minimum atomic E-state index is -3.19. The summed E-state index contributed by atoms with van der Waals surface area (Å²) in [7, 11) is -1.57. The highest BCUT2D eigenvalue weighted by Crippen LogP contribution is 2.33. The molecule has 0 N–H and O–H groups in total. The van der Waals surface area contributed by atoms with Crippen molar-refractivity contribution in [1.82, 2.24) is 14.4 Å². The van der Waals surface area contributed by atoms with E-state index in [-0.39, 0.29) is 22.8 Å². The van der Waals surface area contributed by atoms with Crippen molar-refractivity contribution in [2.75, 3.05) is 26.7 Å². The van der Waals surface area contributed by atoms with Crippen LogP contribution in [0.4, 0.5) is 0 Å². The smallest absolute Gasteiger partial charge is 0.292 e. The lowest BCUT2D eigenvalue weighted by molar-refractivity contribution is 0.0717. The number of carbonyl (C=O) groups excluding carboxylic acids is 1. The first-order valence-electron chi connectivity index (χ1n) is 6.65. The van der Waals surface area contributed by atoms with Gasteiger partial charge in [0.05, 0.1) is 11.4 Å². The van der Waals surface area contributed by atoms with E-state index in [4.69, 9.17) is 4.52 Å². The molecule has 2 saturated heterocycles. The van der Waals surface area contributed by atoms with Gasteiger partial charge in [0.15, 0.2) is 0 Å². The van der Waals surface area contributed by atoms with E-state index in [1.165, 1.54) is 16.6 Å². The molecule has 2 atom stereocenters. The SMILES string of the molecule is CN1C[C@@H]2CCN(C(=O)c3ccno3)CC[C@@H]2S1(=O)=O. The Labute approximate surface area is 117 Å². The molecule has 1 amide bonds. The third kappa shape index (κ3) is 2.12. The number of rotatable bonds is 1. The van der Waals surface area contributed by atoms with Crippen molar-refractivity contribution in [2.45, 2.75) is 18.1 Å². The van der Waals surface area contributed by atoms with Gasteiger partial charge >= 0.3 is 0 Å². The monoisotopic (exact) mass is 299 g/mol. The standard InChI is InChI=1S/C12H17N3O4S/c1-14-8-9-3-6-15(7-4-11(9)20(14,17)18)12(16)10-2-5-13-19-10/h2,5,9,11H,3-4,6-8H2,1H3/t9-,11-/m0/s1. The molecule has 1 aromatic heterocycles. The predicted molar refractivity (Wildman–Crippen MR) is 70.5 cm³/mol. The lowest BCUT2D eigenvalue weighted by atomic mass is 10.0. The summed E-state index contributed by atoms with van der Waals surface area (Å²) < 4.78 is 30.7. The third-order valence-electron chi connectivity index (χ3n) is 4.22. The second-order valence-corrected chi connectivity index (χ2v) is 7.63. The molecular weight excluding hydrogens is 282 g/mol. The Morgan fingerprint density at radius 3 is 2.85 bits per heavy atom. The Hall–Kier alpha value is -1.41. The average Bonchev–Trinajstić information content (AvgIpc) is 2.93. The van der Waals surface area contributed by atoms with E-state index < -0.39 is 10.0 Å². The van der Waals surface area contributed by atoms with Gasteiger partial charge in [-0.05, 0) is 18.8 Å². The number of carbonyl (C=O) groups is 1. The second-order valence-electron chi connectivity index (χ2n) is 5.37. The van der Waals surface area contributed by atoms with Crippen molar-refractivity contribution in [3.63, 3.8) is 0 Å². The van der Waals surface area contributed by atoms with Crippen LogP contribution < -0.4 is 0 Å². The minimum Gasteiger partial charge on any atom is -0.351 e. The van der Waals surface area contributed by atoms with Crippen LogP contribution in [0.1, 0.15) is 23.4 Å². The summed E-state index contributed by atoms with van der Waals surface area (Å²) in [6.07, 6.45) is 2.62. The zero-order valence-electron chi connectivity index (χ0n) is 11.2. The molecule has 0 aromatic carbocycles. The van der Waals surface area contributed by atoms with Crippen molar-refractivity contribution in [3.8, 4) is 0 Å². The Morgan fingerprint density at radius 2 is 2.15 bits per heavy atom. The highest BCUT2D eigenvalue weighted by atomic mass is 32.2. The number of hydrogen-bond donors (Lipinski definition) is 0. The molecule has 1 aromatic rings. The maximum Gasteiger partial charge on any atom is 0.292 e. The van der Waals surface area contributed by atoms with Gasteiger partial charge in [0.1, 0.15) is 0 Å². The van der Waals surface area contributed by atoms with Crippen molar-refractivity contribution in [2.24, 2.45) is 5.92 Å². The number of nitrogens with zero attached hydrogens (tertiary/aromatic N) is 3. The summed E-state index contributed by atoms with van der Waals surface area (Å²) in [6.45, 7) is 1.55. The van der Waals surface area contributed by atoms with Crippen LogP contribution >= 0.6 is 0 Å². The Balaban J connectivity index is 1.75. The fraction of sp³-hybridized carbons (Fsp3) is 0.667. The fourth-order valence-electron chi connectivity index (χ4n) is 3.09. The normalized spacial score (nSPS) is 29.9. The number of aromatic nitrogens is 1. The third-order valence-corrected chi connectivity index (χ3v) is 6.63. The molecule has 8 heteroatoms. The van der Waals surface area contributed by atoms with Crippen molar-refractivity contribution in [3.05, 3.63) is 18.0 Å². The lowest BCUT2D eigenvalue weighted by Crippen LogP contribution is -2.33. The van der Waals surface area contributed by atoms with Gasteiger partial charge in [-0.2, -0.15) is 0 Å². The molecule has 110 valence electrons. The van der Waals surface area contributed by atoms with Crippen LogP contribution in [0.5, 0.6) is 0 Å². The molecule has 7 nitrogen and oxygen atoms in total. The lowest BCUT2D eigenvalue weighted by Gasteiger charge is -2.19. The zero-order chi connectivity index (χ0) is 14.3. The number of likely N-dealkylation sites (tertiary alicyclic amines) is 1. The molecule has 2 aliphatic rings. The Kier molecular flexibility index (Phi) is 3.29. The second kappa shape index (κ2) is 4.85. The van der Waals surface area contributed by atoms with Crippen LogP contribution in [-0.2, 0) is 10.0 Å². The van der Waals surface area contributed by atoms with Gasteiger partial charge in [-0.3, -0.25) is 4.79 Å². The quantitative estimate of drug-likeness (QED) is 0.738. The number of fused-ring (bicyclic) bond motifs is 1. The van der Waals surface area contributed by atoms with Crippen molar-refractivity contribution >= 4 is 15.9 Å². The summed E-state index contributed by atoms with van der Waals surface area (Å²) in [5.74, 6) is 0.0998. The van der Waals surface area contributed by atoms with Crippen LogP contribution in [0.3, 0.4) is 0 Å². The Bertz CT molecular complexity index is 598. The molecule has 3 heterocycles. The molecule has 0 spiro atoms.